The Morgan fingerprint density at radius 2 is 1.67 bits per heavy atom. The molecule has 3 aromatic rings. The highest BCUT2D eigenvalue weighted by atomic mass is 19.1. The van der Waals surface area contributed by atoms with E-state index in [-0.39, 0.29) is 17.3 Å². The van der Waals surface area contributed by atoms with Gasteiger partial charge in [-0.3, -0.25) is 4.79 Å². The van der Waals surface area contributed by atoms with Gasteiger partial charge in [-0.1, -0.05) is 6.07 Å². The second-order valence-electron chi connectivity index (χ2n) is 5.45. The Morgan fingerprint density at radius 3 is 2.33 bits per heavy atom. The largest absolute Gasteiger partial charge is 0.465 e. The first kappa shape index (κ1) is 18.0. The number of esters is 1. The molecule has 0 unspecified atom stereocenters. The van der Waals surface area contributed by atoms with E-state index in [1.807, 2.05) is 0 Å². The van der Waals surface area contributed by atoms with Crippen molar-refractivity contribution in [2.75, 3.05) is 17.7 Å². The predicted octanol–water partition coefficient (Wildman–Crippen LogP) is 3.40. The number of rotatable bonds is 5. The van der Waals surface area contributed by atoms with Crippen LogP contribution in [0.4, 0.5) is 21.7 Å². The van der Waals surface area contributed by atoms with Gasteiger partial charge in [0.15, 0.2) is 0 Å². The van der Waals surface area contributed by atoms with Crippen molar-refractivity contribution in [1.82, 2.24) is 9.97 Å². The van der Waals surface area contributed by atoms with Gasteiger partial charge in [-0.15, -0.1) is 0 Å². The van der Waals surface area contributed by atoms with E-state index >= 15 is 0 Å². The van der Waals surface area contributed by atoms with Gasteiger partial charge in [0.2, 0.25) is 5.95 Å². The average molecular weight is 366 g/mol. The number of amides is 1. The maximum atomic E-state index is 12.9. The Labute approximate surface area is 154 Å². The van der Waals surface area contributed by atoms with Gasteiger partial charge in [0.25, 0.3) is 5.91 Å². The third-order valence-corrected chi connectivity index (χ3v) is 3.56. The molecule has 0 aliphatic carbocycles. The highest BCUT2D eigenvalue weighted by Gasteiger charge is 2.09. The number of methoxy groups -OCH3 is 1. The van der Waals surface area contributed by atoms with Gasteiger partial charge >= 0.3 is 5.97 Å². The average Bonchev–Trinajstić information content (AvgIpc) is 2.70. The van der Waals surface area contributed by atoms with Crippen LogP contribution < -0.4 is 10.6 Å². The molecule has 8 heteroatoms. The lowest BCUT2D eigenvalue weighted by atomic mass is 10.2. The van der Waals surface area contributed by atoms with Crippen LogP contribution in [0.15, 0.2) is 60.9 Å². The minimum atomic E-state index is -0.451. The molecule has 0 bridgehead atoms. The van der Waals surface area contributed by atoms with E-state index in [2.05, 4.69) is 25.3 Å². The Hall–Kier alpha value is -3.81. The summed E-state index contributed by atoms with van der Waals surface area (Å²) in [5.74, 6) is -0.994. The second kappa shape index (κ2) is 8.05. The maximum Gasteiger partial charge on any atom is 0.337 e. The molecule has 2 N–H and O–H groups in total. The summed E-state index contributed by atoms with van der Waals surface area (Å²) in [6, 6.07) is 12.1. The molecule has 3 rings (SSSR count). The number of benzene rings is 2. The van der Waals surface area contributed by atoms with Crippen molar-refractivity contribution in [1.29, 1.82) is 0 Å². The topological polar surface area (TPSA) is 93.2 Å². The lowest BCUT2D eigenvalue weighted by Crippen LogP contribution is -2.13. The minimum Gasteiger partial charge on any atom is -0.465 e. The zero-order valence-corrected chi connectivity index (χ0v) is 14.3. The van der Waals surface area contributed by atoms with Crippen LogP contribution >= 0.6 is 0 Å². The van der Waals surface area contributed by atoms with Crippen LogP contribution in [0.5, 0.6) is 0 Å². The van der Waals surface area contributed by atoms with Gasteiger partial charge in [-0.25, -0.2) is 19.2 Å². The smallest absolute Gasteiger partial charge is 0.337 e. The molecule has 1 heterocycles. The van der Waals surface area contributed by atoms with Gasteiger partial charge in [0, 0.05) is 23.8 Å². The lowest BCUT2D eigenvalue weighted by Gasteiger charge is -2.08. The molecule has 0 atom stereocenters. The number of nitrogens with one attached hydrogen (secondary N) is 2. The van der Waals surface area contributed by atoms with Crippen LogP contribution in [0, 0.1) is 5.82 Å². The third kappa shape index (κ3) is 4.63. The van der Waals surface area contributed by atoms with Crippen LogP contribution in [0.1, 0.15) is 20.7 Å². The van der Waals surface area contributed by atoms with Gasteiger partial charge in [0.05, 0.1) is 18.2 Å². The number of nitrogens with zero attached hydrogens (tertiary/aromatic N) is 2. The Kier molecular flexibility index (Phi) is 5.36. The van der Waals surface area contributed by atoms with E-state index in [0.29, 0.717) is 16.9 Å². The van der Waals surface area contributed by atoms with Crippen molar-refractivity contribution in [2.24, 2.45) is 0 Å². The quantitative estimate of drug-likeness (QED) is 0.672. The number of ether oxygens (including phenoxy) is 1. The van der Waals surface area contributed by atoms with Crippen molar-refractivity contribution < 1.29 is 18.7 Å². The molecular weight excluding hydrogens is 351 g/mol. The molecule has 1 aromatic heterocycles. The third-order valence-electron chi connectivity index (χ3n) is 3.56. The predicted molar refractivity (Wildman–Crippen MR) is 97.4 cm³/mol. The van der Waals surface area contributed by atoms with Crippen LogP contribution in [0.25, 0.3) is 0 Å². The first-order valence-electron chi connectivity index (χ1n) is 7.89. The summed E-state index contributed by atoms with van der Waals surface area (Å²) in [6.45, 7) is 0. The first-order valence-corrected chi connectivity index (χ1v) is 7.89. The molecule has 0 aliphatic heterocycles. The number of carbonyl (C=O) groups is 2. The fraction of sp³-hybridized carbons (Fsp3) is 0.0526. The number of hydrogen-bond acceptors (Lipinski definition) is 6. The van der Waals surface area contributed by atoms with Gasteiger partial charge < -0.3 is 15.4 Å². The summed E-state index contributed by atoms with van der Waals surface area (Å²) < 4.78 is 17.6. The zero-order valence-electron chi connectivity index (χ0n) is 14.3. The minimum absolute atomic E-state index is 0.244. The second-order valence-corrected chi connectivity index (χ2v) is 5.45. The molecular formula is C19H15FN4O3. The number of aromatic nitrogens is 2. The Bertz CT molecular complexity index is 959. The molecule has 0 saturated carbocycles. The van der Waals surface area contributed by atoms with E-state index < -0.39 is 11.9 Å². The molecule has 1 amide bonds. The first-order chi connectivity index (χ1) is 13.0. The van der Waals surface area contributed by atoms with E-state index in [9.17, 15) is 14.0 Å². The molecule has 27 heavy (non-hydrogen) atoms. The summed E-state index contributed by atoms with van der Waals surface area (Å²) in [7, 11) is 1.31. The summed E-state index contributed by atoms with van der Waals surface area (Å²) in [5, 5.41) is 5.57. The zero-order chi connectivity index (χ0) is 19.2. The van der Waals surface area contributed by atoms with E-state index in [4.69, 9.17) is 0 Å². The lowest BCUT2D eigenvalue weighted by molar-refractivity contribution is 0.0600. The monoisotopic (exact) mass is 366 g/mol. The number of hydrogen-bond donors (Lipinski definition) is 2. The maximum absolute atomic E-state index is 12.9. The fourth-order valence-electron chi connectivity index (χ4n) is 2.22. The number of carbonyl (C=O) groups excluding carboxylic acids is 2. The molecule has 0 fully saturated rings. The standard InChI is InChI=1S/C19H15FN4O3/c1-27-18(26)12-3-2-4-16(9-12)24-19-21-10-13(11-22-19)17(25)23-15-7-5-14(20)6-8-15/h2-11H,1H3,(H,23,25)(H,21,22,24). The highest BCUT2D eigenvalue weighted by Crippen LogP contribution is 2.16. The molecule has 0 saturated heterocycles. The van der Waals surface area contributed by atoms with E-state index in [1.54, 1.807) is 24.3 Å². The van der Waals surface area contributed by atoms with Crippen LogP contribution in [-0.4, -0.2) is 29.0 Å². The summed E-state index contributed by atoms with van der Waals surface area (Å²) in [5.41, 5.74) is 1.69. The van der Waals surface area contributed by atoms with Crippen LogP contribution in [0.3, 0.4) is 0 Å². The Morgan fingerprint density at radius 1 is 0.963 bits per heavy atom. The van der Waals surface area contributed by atoms with Crippen LogP contribution in [-0.2, 0) is 4.74 Å². The van der Waals surface area contributed by atoms with E-state index in [1.165, 1.54) is 43.8 Å². The SMILES string of the molecule is COC(=O)c1cccc(Nc2ncc(C(=O)Nc3ccc(F)cc3)cn2)c1. The van der Waals surface area contributed by atoms with Gasteiger partial charge in [-0.2, -0.15) is 0 Å². The molecule has 136 valence electrons. The normalized spacial score (nSPS) is 10.1. The Balaban J connectivity index is 1.67. The van der Waals surface area contributed by atoms with Gasteiger partial charge in [-0.05, 0) is 42.5 Å². The number of anilines is 3. The van der Waals surface area contributed by atoms with Gasteiger partial charge in [0.1, 0.15) is 5.82 Å². The summed E-state index contributed by atoms with van der Waals surface area (Å²) in [4.78, 5) is 31.9. The highest BCUT2D eigenvalue weighted by molar-refractivity contribution is 6.03. The summed E-state index contributed by atoms with van der Waals surface area (Å²) in [6.07, 6.45) is 2.72. The molecule has 2 aromatic carbocycles. The van der Waals surface area contributed by atoms with Crippen molar-refractivity contribution >= 4 is 29.2 Å². The molecule has 0 spiro atoms. The summed E-state index contributed by atoms with van der Waals surface area (Å²) >= 11 is 0. The van der Waals surface area contributed by atoms with Crippen LogP contribution in [0.2, 0.25) is 0 Å². The molecule has 0 aliphatic rings. The number of halogens is 1. The van der Waals surface area contributed by atoms with Crippen molar-refractivity contribution in [3.63, 3.8) is 0 Å². The fourth-order valence-corrected chi connectivity index (χ4v) is 2.22. The van der Waals surface area contributed by atoms with Crippen molar-refractivity contribution in [2.45, 2.75) is 0 Å². The van der Waals surface area contributed by atoms with Crippen molar-refractivity contribution in [3.05, 3.63) is 77.9 Å². The van der Waals surface area contributed by atoms with Crippen molar-refractivity contribution in [3.8, 4) is 0 Å². The molecule has 7 nitrogen and oxygen atoms in total. The molecule has 0 radical (unpaired) electrons. The van der Waals surface area contributed by atoms with E-state index in [0.717, 1.165) is 0 Å².